The highest BCUT2D eigenvalue weighted by atomic mass is 35.5. The standard InChI is InChI=1S/C26H37ClFN5O4/c1-16-13-20(11-12-21(16)37-23-6-4-5-22(28)32-23)31-25(29-15-18-7-9-19(27)10-8-18)33-26(35)30-14-17(2)24(34)36-3/h7,9,11-13,16-19,21-22H,4-6,8,10,14-15H2,1-3H3,(H3,29,30,31,33,35)/t16?,17-,18?,19?,21?,22?/m0/s1. The molecular weight excluding hydrogens is 501 g/mol. The number of carbonyl (C=O) groups is 2. The molecule has 0 aromatic heterocycles. The van der Waals surface area contributed by atoms with Crippen molar-refractivity contribution in [3.63, 3.8) is 0 Å². The number of urea groups is 1. The number of nitrogens with one attached hydrogen (secondary N) is 3. The topological polar surface area (TPSA) is 113 Å². The fourth-order valence-electron chi connectivity index (χ4n) is 4.13. The van der Waals surface area contributed by atoms with Crippen molar-refractivity contribution >= 4 is 35.5 Å². The van der Waals surface area contributed by atoms with Crippen LogP contribution in [0.1, 0.15) is 46.0 Å². The number of guanidine groups is 1. The maximum atomic E-state index is 13.6. The van der Waals surface area contributed by atoms with Gasteiger partial charge in [0.1, 0.15) is 6.10 Å². The molecule has 2 amide bonds. The summed E-state index contributed by atoms with van der Waals surface area (Å²) in [5.41, 5.74) is 0.645. The van der Waals surface area contributed by atoms with Crippen LogP contribution in [0.2, 0.25) is 0 Å². The second kappa shape index (κ2) is 14.2. The number of ether oxygens (including phenoxy) is 2. The van der Waals surface area contributed by atoms with Gasteiger partial charge >= 0.3 is 12.0 Å². The van der Waals surface area contributed by atoms with E-state index in [0.717, 1.165) is 19.3 Å². The monoisotopic (exact) mass is 537 g/mol. The summed E-state index contributed by atoms with van der Waals surface area (Å²) >= 11 is 6.15. The maximum Gasteiger partial charge on any atom is 0.321 e. The molecule has 3 N–H and O–H groups in total. The fourth-order valence-corrected chi connectivity index (χ4v) is 4.34. The molecule has 1 heterocycles. The molecule has 0 aromatic carbocycles. The van der Waals surface area contributed by atoms with Crippen LogP contribution in [-0.2, 0) is 14.3 Å². The minimum atomic E-state index is -1.20. The Morgan fingerprint density at radius 3 is 2.73 bits per heavy atom. The second-order valence-electron chi connectivity index (χ2n) is 9.58. The molecule has 6 atom stereocenters. The third kappa shape index (κ3) is 9.50. The molecule has 0 saturated carbocycles. The van der Waals surface area contributed by atoms with Crippen molar-refractivity contribution in [2.45, 2.75) is 63.7 Å². The van der Waals surface area contributed by atoms with Gasteiger partial charge in [0, 0.05) is 25.4 Å². The normalized spacial score (nSPS) is 28.5. The molecule has 37 heavy (non-hydrogen) atoms. The Labute approximate surface area is 222 Å². The van der Waals surface area contributed by atoms with Gasteiger partial charge in [0.15, 0.2) is 12.2 Å². The Hall–Kier alpha value is -2.88. The molecule has 3 rings (SSSR count). The minimum absolute atomic E-state index is 0.0376. The zero-order valence-electron chi connectivity index (χ0n) is 21.6. The first kappa shape index (κ1) is 28.7. The molecule has 11 heteroatoms. The lowest BCUT2D eigenvalue weighted by Gasteiger charge is -2.26. The molecule has 204 valence electrons. The van der Waals surface area contributed by atoms with Gasteiger partial charge in [-0.1, -0.05) is 32.1 Å². The molecule has 0 radical (unpaired) electrons. The highest BCUT2D eigenvalue weighted by Crippen LogP contribution is 2.24. The van der Waals surface area contributed by atoms with Crippen molar-refractivity contribution in [1.29, 1.82) is 0 Å². The van der Waals surface area contributed by atoms with Crippen molar-refractivity contribution < 1.29 is 23.5 Å². The molecule has 0 aromatic rings. The molecule has 2 aliphatic carbocycles. The molecule has 0 saturated heterocycles. The summed E-state index contributed by atoms with van der Waals surface area (Å²) in [5.74, 6) is 0.0600. The van der Waals surface area contributed by atoms with E-state index >= 15 is 0 Å². The molecule has 0 spiro atoms. The van der Waals surface area contributed by atoms with Gasteiger partial charge in [-0.15, -0.1) is 11.6 Å². The van der Waals surface area contributed by atoms with Crippen LogP contribution in [0.4, 0.5) is 9.18 Å². The van der Waals surface area contributed by atoms with E-state index in [0.29, 0.717) is 31.0 Å². The number of rotatable bonds is 7. The van der Waals surface area contributed by atoms with Gasteiger partial charge in [-0.2, -0.15) is 0 Å². The first-order valence-corrected chi connectivity index (χ1v) is 13.2. The van der Waals surface area contributed by atoms with Gasteiger partial charge in [0.05, 0.1) is 24.1 Å². The molecular formula is C26H37ClFN5O4. The number of esters is 1. The van der Waals surface area contributed by atoms with Gasteiger partial charge in [-0.05, 0) is 43.8 Å². The van der Waals surface area contributed by atoms with Crippen molar-refractivity contribution in [3.05, 3.63) is 36.1 Å². The Balaban J connectivity index is 1.64. The predicted octanol–water partition coefficient (Wildman–Crippen LogP) is 3.97. The number of amides is 2. The van der Waals surface area contributed by atoms with Gasteiger partial charge in [0.25, 0.3) is 0 Å². The number of nitrogens with zero attached hydrogens (tertiary/aromatic N) is 2. The zero-order chi connectivity index (χ0) is 26.8. The van der Waals surface area contributed by atoms with Gasteiger partial charge in [0.2, 0.25) is 5.96 Å². The molecule has 5 unspecified atom stereocenters. The number of alkyl halides is 2. The van der Waals surface area contributed by atoms with Gasteiger partial charge < -0.3 is 20.1 Å². The molecule has 9 nitrogen and oxygen atoms in total. The fraction of sp³-hybridized carbons (Fsp3) is 0.615. The van der Waals surface area contributed by atoms with Gasteiger partial charge in [-0.25, -0.2) is 19.2 Å². The molecule has 0 bridgehead atoms. The van der Waals surface area contributed by atoms with Crippen LogP contribution < -0.4 is 16.0 Å². The number of methoxy groups -OCH3 is 1. The van der Waals surface area contributed by atoms with Crippen LogP contribution in [-0.4, -0.2) is 61.8 Å². The Bertz CT molecular complexity index is 967. The van der Waals surface area contributed by atoms with E-state index in [1.54, 1.807) is 13.0 Å². The Kier molecular flexibility index (Phi) is 11.0. The lowest BCUT2D eigenvalue weighted by Crippen LogP contribution is -2.48. The highest BCUT2D eigenvalue weighted by molar-refractivity contribution is 6.21. The summed E-state index contributed by atoms with van der Waals surface area (Å²) in [6.45, 7) is 4.34. The van der Waals surface area contributed by atoms with Crippen molar-refractivity contribution in [3.8, 4) is 0 Å². The van der Waals surface area contributed by atoms with Crippen LogP contribution in [0.5, 0.6) is 0 Å². The highest BCUT2D eigenvalue weighted by Gasteiger charge is 2.23. The average Bonchev–Trinajstić information content (AvgIpc) is 2.88. The summed E-state index contributed by atoms with van der Waals surface area (Å²) in [6, 6.07) is -0.493. The van der Waals surface area contributed by atoms with Crippen molar-refractivity contribution in [2.75, 3.05) is 20.2 Å². The zero-order valence-corrected chi connectivity index (χ0v) is 22.3. The van der Waals surface area contributed by atoms with Crippen LogP contribution in [0, 0.1) is 17.8 Å². The summed E-state index contributed by atoms with van der Waals surface area (Å²) in [5, 5.41) is 8.69. The van der Waals surface area contributed by atoms with E-state index in [-0.39, 0.29) is 35.8 Å². The SMILES string of the molecule is COC(=O)[C@@H](C)CNC(=O)N/C(=N\C1=CC(C)C(OC2=NC(F)CCC2)C=C1)NCC1C=CC(Cl)CC1. The number of hydrogen-bond acceptors (Lipinski definition) is 6. The van der Waals surface area contributed by atoms with Gasteiger partial charge in [-0.3, -0.25) is 10.1 Å². The van der Waals surface area contributed by atoms with Crippen molar-refractivity contribution in [1.82, 2.24) is 16.0 Å². The quantitative estimate of drug-likeness (QED) is 0.114. The third-order valence-corrected chi connectivity index (χ3v) is 6.74. The van der Waals surface area contributed by atoms with Crippen LogP contribution in [0.3, 0.4) is 0 Å². The first-order chi connectivity index (χ1) is 17.7. The predicted molar refractivity (Wildman–Crippen MR) is 142 cm³/mol. The third-order valence-electron chi connectivity index (χ3n) is 6.38. The van der Waals surface area contributed by atoms with Crippen LogP contribution in [0.25, 0.3) is 0 Å². The first-order valence-electron chi connectivity index (χ1n) is 12.8. The maximum absolute atomic E-state index is 13.6. The summed E-state index contributed by atoms with van der Waals surface area (Å²) in [7, 11) is 1.31. The van der Waals surface area contributed by atoms with E-state index in [1.165, 1.54) is 7.11 Å². The Morgan fingerprint density at radius 1 is 1.24 bits per heavy atom. The summed E-state index contributed by atoms with van der Waals surface area (Å²) < 4.78 is 24.2. The summed E-state index contributed by atoms with van der Waals surface area (Å²) in [4.78, 5) is 32.7. The van der Waals surface area contributed by atoms with Crippen LogP contribution in [0.15, 0.2) is 46.1 Å². The smallest absolute Gasteiger partial charge is 0.321 e. The second-order valence-corrected chi connectivity index (χ2v) is 10.1. The molecule has 1 aliphatic heterocycles. The van der Waals surface area contributed by atoms with E-state index in [4.69, 9.17) is 21.1 Å². The van der Waals surface area contributed by atoms with E-state index in [1.807, 2.05) is 25.2 Å². The number of carbonyl (C=O) groups excluding carboxylic acids is 2. The van der Waals surface area contributed by atoms with Crippen LogP contribution >= 0.6 is 11.6 Å². The number of aliphatic imine (C=N–C) groups is 2. The summed E-state index contributed by atoms with van der Waals surface area (Å²) in [6.07, 6.45) is 11.8. The lowest BCUT2D eigenvalue weighted by atomic mass is 9.96. The Morgan fingerprint density at radius 2 is 2.05 bits per heavy atom. The largest absolute Gasteiger partial charge is 0.473 e. The minimum Gasteiger partial charge on any atom is -0.473 e. The lowest BCUT2D eigenvalue weighted by molar-refractivity contribution is -0.144. The van der Waals surface area contributed by atoms with E-state index in [9.17, 15) is 14.0 Å². The van der Waals surface area contributed by atoms with Crippen molar-refractivity contribution in [2.24, 2.45) is 27.7 Å². The number of allylic oxidation sites excluding steroid dienone is 2. The number of hydrogen-bond donors (Lipinski definition) is 3. The molecule has 0 fully saturated rings. The van der Waals surface area contributed by atoms with E-state index < -0.39 is 24.2 Å². The number of halogens is 2. The van der Waals surface area contributed by atoms with E-state index in [2.05, 4.69) is 32.0 Å². The molecule has 3 aliphatic rings. The average molecular weight is 538 g/mol.